The number of carbonyl (C=O) groups is 3. The monoisotopic (exact) mass is 412 g/mol. The van der Waals surface area contributed by atoms with Crippen molar-refractivity contribution in [1.82, 2.24) is 4.90 Å². The van der Waals surface area contributed by atoms with E-state index in [-0.39, 0.29) is 17.7 Å². The van der Waals surface area contributed by atoms with Gasteiger partial charge in [0.2, 0.25) is 5.91 Å². The summed E-state index contributed by atoms with van der Waals surface area (Å²) in [5.74, 6) is -0.510. The molecule has 1 fully saturated rings. The lowest BCUT2D eigenvalue weighted by atomic mass is 9.87. The highest BCUT2D eigenvalue weighted by Gasteiger charge is 2.29. The first-order valence-electron chi connectivity index (χ1n) is 9.95. The predicted octanol–water partition coefficient (Wildman–Crippen LogP) is 3.51. The maximum absolute atomic E-state index is 12.8. The van der Waals surface area contributed by atoms with Crippen LogP contribution in [0.2, 0.25) is 0 Å². The molecule has 0 bridgehead atoms. The summed E-state index contributed by atoms with van der Waals surface area (Å²) in [5.41, 5.74) is 2.10. The zero-order valence-corrected chi connectivity index (χ0v) is 17.2. The minimum Gasteiger partial charge on any atom is -0.465 e. The van der Waals surface area contributed by atoms with Gasteiger partial charge in [0, 0.05) is 29.6 Å². The Morgan fingerprint density at radius 3 is 2.72 bits per heavy atom. The van der Waals surface area contributed by atoms with Crippen LogP contribution < -0.4 is 5.32 Å². The third-order valence-corrected chi connectivity index (χ3v) is 6.83. The summed E-state index contributed by atoms with van der Waals surface area (Å²) in [5, 5.41) is 2.92. The number of rotatable bonds is 4. The van der Waals surface area contributed by atoms with E-state index in [4.69, 9.17) is 4.74 Å². The van der Waals surface area contributed by atoms with E-state index in [1.165, 1.54) is 12.0 Å². The fourth-order valence-corrected chi connectivity index (χ4v) is 5.19. The van der Waals surface area contributed by atoms with Crippen molar-refractivity contribution in [2.45, 2.75) is 32.1 Å². The number of likely N-dealkylation sites (tertiary alicyclic amines) is 1. The largest absolute Gasteiger partial charge is 0.465 e. The van der Waals surface area contributed by atoms with E-state index in [0.717, 1.165) is 49.2 Å². The van der Waals surface area contributed by atoms with E-state index in [1.54, 1.807) is 35.6 Å². The lowest BCUT2D eigenvalue weighted by Gasteiger charge is -2.21. The first-order valence-corrected chi connectivity index (χ1v) is 10.8. The van der Waals surface area contributed by atoms with Gasteiger partial charge in [0.05, 0.1) is 17.6 Å². The number of esters is 1. The summed E-state index contributed by atoms with van der Waals surface area (Å²) >= 11 is 1.58. The van der Waals surface area contributed by atoms with Gasteiger partial charge in [-0.15, -0.1) is 11.3 Å². The molecular weight excluding hydrogens is 388 g/mol. The molecule has 1 N–H and O–H groups in total. The van der Waals surface area contributed by atoms with E-state index < -0.39 is 5.97 Å². The summed E-state index contributed by atoms with van der Waals surface area (Å²) in [6, 6.07) is 8.73. The normalized spacial score (nSPS) is 18.2. The van der Waals surface area contributed by atoms with Gasteiger partial charge in [-0.3, -0.25) is 9.59 Å². The van der Waals surface area contributed by atoms with Gasteiger partial charge in [-0.05, 0) is 61.9 Å². The van der Waals surface area contributed by atoms with Crippen molar-refractivity contribution in [2.75, 3.05) is 25.5 Å². The minimum atomic E-state index is -0.433. The van der Waals surface area contributed by atoms with Gasteiger partial charge in [-0.1, -0.05) is 6.07 Å². The van der Waals surface area contributed by atoms with Gasteiger partial charge >= 0.3 is 5.97 Å². The number of fused-ring (bicyclic) bond motifs is 1. The number of nitrogens with one attached hydrogen (secondary N) is 1. The van der Waals surface area contributed by atoms with Gasteiger partial charge < -0.3 is 15.0 Å². The van der Waals surface area contributed by atoms with Crippen molar-refractivity contribution in [3.63, 3.8) is 0 Å². The zero-order chi connectivity index (χ0) is 20.4. The van der Waals surface area contributed by atoms with E-state index in [2.05, 4.69) is 5.32 Å². The molecule has 0 radical (unpaired) electrons. The van der Waals surface area contributed by atoms with Crippen LogP contribution in [0.4, 0.5) is 5.69 Å². The number of benzene rings is 1. The van der Waals surface area contributed by atoms with Crippen LogP contribution in [0, 0.1) is 5.92 Å². The zero-order valence-electron chi connectivity index (χ0n) is 16.4. The number of hydrogen-bond donors (Lipinski definition) is 1. The van der Waals surface area contributed by atoms with Crippen LogP contribution in [-0.4, -0.2) is 42.9 Å². The first kappa shape index (κ1) is 19.6. The smallest absolute Gasteiger partial charge is 0.337 e. The summed E-state index contributed by atoms with van der Waals surface area (Å²) in [4.78, 5) is 41.1. The SMILES string of the molecule is COC(=O)c1cccc(NC(=O)[C@@H]2CCc3sc(C(=O)N4CCCC4)cc3C2)c1. The molecule has 1 aliphatic heterocycles. The van der Waals surface area contributed by atoms with Crippen LogP contribution in [0.5, 0.6) is 0 Å². The number of hydrogen-bond acceptors (Lipinski definition) is 5. The van der Waals surface area contributed by atoms with Gasteiger partial charge in [0.1, 0.15) is 0 Å². The Morgan fingerprint density at radius 2 is 1.97 bits per heavy atom. The molecule has 29 heavy (non-hydrogen) atoms. The third kappa shape index (κ3) is 4.19. The minimum absolute atomic E-state index is 0.0590. The van der Waals surface area contributed by atoms with E-state index in [1.807, 2.05) is 11.0 Å². The number of methoxy groups -OCH3 is 1. The third-order valence-electron chi connectivity index (χ3n) is 5.61. The molecule has 1 aromatic carbocycles. The Hall–Kier alpha value is -2.67. The summed E-state index contributed by atoms with van der Waals surface area (Å²) in [6.45, 7) is 1.69. The van der Waals surface area contributed by atoms with E-state index in [0.29, 0.717) is 17.7 Å². The quantitative estimate of drug-likeness (QED) is 0.780. The average Bonchev–Trinajstić information content (AvgIpc) is 3.42. The number of amides is 2. The molecule has 2 amide bonds. The summed E-state index contributed by atoms with van der Waals surface area (Å²) < 4.78 is 4.73. The second-order valence-electron chi connectivity index (χ2n) is 7.56. The molecule has 1 aromatic heterocycles. The standard InChI is InChI=1S/C22H24N2O4S/c1-28-22(27)15-5-4-6-17(12-15)23-20(25)14-7-8-18-16(11-14)13-19(29-18)21(26)24-9-2-3-10-24/h4-6,12-14H,2-3,7-11H2,1H3,(H,23,25)/t14-/m1/s1. The molecule has 0 unspecified atom stereocenters. The van der Waals surface area contributed by atoms with Crippen LogP contribution in [-0.2, 0) is 22.4 Å². The Balaban J connectivity index is 1.42. The van der Waals surface area contributed by atoms with Crippen molar-refractivity contribution in [1.29, 1.82) is 0 Å². The lowest BCUT2D eigenvalue weighted by Crippen LogP contribution is -2.27. The van der Waals surface area contributed by atoms with Crippen molar-refractivity contribution in [3.8, 4) is 0 Å². The summed E-state index contributed by atoms with van der Waals surface area (Å²) in [6.07, 6.45) is 4.37. The van der Waals surface area contributed by atoms with Crippen molar-refractivity contribution < 1.29 is 19.1 Å². The molecule has 1 aliphatic carbocycles. The molecule has 6 nitrogen and oxygen atoms in total. The maximum Gasteiger partial charge on any atom is 0.337 e. The van der Waals surface area contributed by atoms with Crippen molar-refractivity contribution in [2.24, 2.45) is 5.92 Å². The van der Waals surface area contributed by atoms with Crippen LogP contribution >= 0.6 is 11.3 Å². The second kappa shape index (κ2) is 8.37. The van der Waals surface area contributed by atoms with Crippen molar-refractivity contribution in [3.05, 3.63) is 51.2 Å². The highest BCUT2D eigenvalue weighted by atomic mass is 32.1. The number of ether oxygens (including phenoxy) is 1. The average molecular weight is 413 g/mol. The molecule has 2 aliphatic rings. The number of nitrogens with zero attached hydrogens (tertiary/aromatic N) is 1. The molecule has 1 saturated heterocycles. The van der Waals surface area contributed by atoms with Crippen LogP contribution in [0.25, 0.3) is 0 Å². The van der Waals surface area contributed by atoms with E-state index >= 15 is 0 Å². The fourth-order valence-electron chi connectivity index (χ4n) is 4.02. The topological polar surface area (TPSA) is 75.7 Å². The van der Waals surface area contributed by atoms with Gasteiger partial charge in [0.25, 0.3) is 5.91 Å². The molecule has 2 heterocycles. The molecule has 0 saturated carbocycles. The lowest BCUT2D eigenvalue weighted by molar-refractivity contribution is -0.120. The highest BCUT2D eigenvalue weighted by Crippen LogP contribution is 2.34. The van der Waals surface area contributed by atoms with Crippen LogP contribution in [0.15, 0.2) is 30.3 Å². The van der Waals surface area contributed by atoms with Crippen LogP contribution in [0.1, 0.15) is 49.7 Å². The Morgan fingerprint density at radius 1 is 1.17 bits per heavy atom. The maximum atomic E-state index is 12.8. The number of aryl methyl sites for hydroxylation is 1. The molecule has 152 valence electrons. The Kier molecular flexibility index (Phi) is 5.67. The van der Waals surface area contributed by atoms with Crippen molar-refractivity contribution >= 4 is 34.8 Å². The van der Waals surface area contributed by atoms with Gasteiger partial charge in [-0.2, -0.15) is 0 Å². The molecule has 0 spiro atoms. The van der Waals surface area contributed by atoms with Gasteiger partial charge in [0.15, 0.2) is 0 Å². The molecule has 1 atom stereocenters. The highest BCUT2D eigenvalue weighted by molar-refractivity contribution is 7.14. The number of anilines is 1. The number of thiophene rings is 1. The summed E-state index contributed by atoms with van der Waals surface area (Å²) in [7, 11) is 1.33. The molecule has 7 heteroatoms. The Bertz CT molecular complexity index is 946. The Labute approximate surface area is 173 Å². The first-order chi connectivity index (χ1) is 14.0. The fraction of sp³-hybridized carbons (Fsp3) is 0.409. The second-order valence-corrected chi connectivity index (χ2v) is 8.70. The number of carbonyl (C=O) groups excluding carboxylic acids is 3. The molecular formula is C22H24N2O4S. The van der Waals surface area contributed by atoms with E-state index in [9.17, 15) is 14.4 Å². The predicted molar refractivity (Wildman–Crippen MR) is 111 cm³/mol. The molecule has 4 rings (SSSR count). The van der Waals surface area contributed by atoms with Crippen LogP contribution in [0.3, 0.4) is 0 Å². The van der Waals surface area contributed by atoms with Gasteiger partial charge in [-0.25, -0.2) is 4.79 Å². The molecule has 2 aromatic rings.